The van der Waals surface area contributed by atoms with Crippen LogP contribution in [0.5, 0.6) is 0 Å². The SMILES string of the molecule is CC(=O)O.Cn1c(CCN)nnc1SCC[C@@H](O)c1ccccc1. The van der Waals surface area contributed by atoms with Gasteiger partial charge >= 0.3 is 0 Å². The van der Waals surface area contributed by atoms with Crippen LogP contribution < -0.4 is 5.73 Å². The molecule has 0 saturated carbocycles. The predicted molar refractivity (Wildman–Crippen MR) is 93.8 cm³/mol. The molecule has 2 rings (SSSR count). The standard InChI is InChI=1S/C14H20N4OS.C2H4O2/c1-18-13(7-9-15)16-17-14(18)20-10-8-12(19)11-5-3-2-4-6-11;1-2(3)4/h2-6,12,19H,7-10,15H2,1H3;1H3,(H,3,4)/t12-;/m1./s1. The van der Waals surface area contributed by atoms with Crippen molar-refractivity contribution in [1.29, 1.82) is 0 Å². The lowest BCUT2D eigenvalue weighted by atomic mass is 10.1. The lowest BCUT2D eigenvalue weighted by molar-refractivity contribution is -0.134. The maximum absolute atomic E-state index is 10.1. The van der Waals surface area contributed by atoms with Crippen molar-refractivity contribution in [3.8, 4) is 0 Å². The average molecular weight is 352 g/mol. The van der Waals surface area contributed by atoms with Gasteiger partial charge in [-0.1, -0.05) is 42.1 Å². The molecule has 1 atom stereocenters. The number of aliphatic hydroxyl groups excluding tert-OH is 1. The second kappa shape index (κ2) is 10.8. The molecule has 0 radical (unpaired) electrons. The largest absolute Gasteiger partial charge is 0.481 e. The van der Waals surface area contributed by atoms with Crippen LogP contribution in [0.1, 0.15) is 30.8 Å². The maximum atomic E-state index is 10.1. The van der Waals surface area contributed by atoms with Crippen LogP contribution >= 0.6 is 11.8 Å². The summed E-state index contributed by atoms with van der Waals surface area (Å²) in [5.74, 6) is 0.864. The molecule has 1 aromatic heterocycles. The lowest BCUT2D eigenvalue weighted by Gasteiger charge is -2.10. The summed E-state index contributed by atoms with van der Waals surface area (Å²) in [4.78, 5) is 9.00. The van der Waals surface area contributed by atoms with Gasteiger partial charge in [0.25, 0.3) is 5.97 Å². The minimum atomic E-state index is -0.833. The number of aliphatic hydroxyl groups is 1. The Morgan fingerprint density at radius 3 is 2.54 bits per heavy atom. The molecule has 0 saturated heterocycles. The molecule has 0 spiro atoms. The number of carboxylic acid groups (broad SMARTS) is 1. The van der Waals surface area contributed by atoms with Crippen molar-refractivity contribution < 1.29 is 15.0 Å². The molecule has 1 aromatic carbocycles. The topological polar surface area (TPSA) is 114 Å². The summed E-state index contributed by atoms with van der Waals surface area (Å²) in [6.07, 6.45) is 0.991. The molecular weight excluding hydrogens is 328 g/mol. The zero-order valence-corrected chi connectivity index (χ0v) is 14.7. The molecule has 0 unspecified atom stereocenters. The first-order chi connectivity index (χ1) is 11.5. The van der Waals surface area contributed by atoms with Crippen LogP contribution in [0.2, 0.25) is 0 Å². The van der Waals surface area contributed by atoms with Crippen LogP contribution in [-0.4, -0.2) is 43.2 Å². The van der Waals surface area contributed by atoms with Crippen molar-refractivity contribution in [3.05, 3.63) is 41.7 Å². The second-order valence-electron chi connectivity index (χ2n) is 5.08. The maximum Gasteiger partial charge on any atom is 0.300 e. The number of nitrogens with zero attached hydrogens (tertiary/aromatic N) is 3. The van der Waals surface area contributed by atoms with Crippen LogP contribution in [0.4, 0.5) is 0 Å². The first-order valence-corrected chi connectivity index (χ1v) is 8.58. The molecule has 8 heteroatoms. The van der Waals surface area contributed by atoms with Gasteiger partial charge in [0, 0.05) is 26.1 Å². The van der Waals surface area contributed by atoms with E-state index in [9.17, 15) is 5.11 Å². The molecule has 132 valence electrons. The summed E-state index contributed by atoms with van der Waals surface area (Å²) in [5, 5.41) is 26.6. The highest BCUT2D eigenvalue weighted by atomic mass is 32.2. The zero-order valence-electron chi connectivity index (χ0n) is 13.9. The molecule has 4 N–H and O–H groups in total. The molecule has 2 aromatic rings. The summed E-state index contributed by atoms with van der Waals surface area (Å²) in [7, 11) is 1.95. The first kappa shape index (κ1) is 20.1. The zero-order chi connectivity index (χ0) is 17.9. The van der Waals surface area contributed by atoms with Gasteiger partial charge in [-0.05, 0) is 18.5 Å². The van der Waals surface area contributed by atoms with E-state index >= 15 is 0 Å². The quantitative estimate of drug-likeness (QED) is 0.649. The van der Waals surface area contributed by atoms with Crippen molar-refractivity contribution >= 4 is 17.7 Å². The van der Waals surface area contributed by atoms with Gasteiger partial charge in [-0.25, -0.2) is 0 Å². The molecule has 1 heterocycles. The summed E-state index contributed by atoms with van der Waals surface area (Å²) in [5.41, 5.74) is 6.48. The van der Waals surface area contributed by atoms with Gasteiger partial charge in [0.05, 0.1) is 6.10 Å². The Labute approximate surface area is 145 Å². The Morgan fingerprint density at radius 2 is 1.96 bits per heavy atom. The van der Waals surface area contributed by atoms with E-state index in [0.29, 0.717) is 13.0 Å². The van der Waals surface area contributed by atoms with Gasteiger partial charge in [-0.3, -0.25) is 4.79 Å². The number of benzene rings is 1. The Morgan fingerprint density at radius 1 is 1.33 bits per heavy atom. The molecule has 0 aliphatic carbocycles. The van der Waals surface area contributed by atoms with Crippen molar-refractivity contribution in [3.63, 3.8) is 0 Å². The summed E-state index contributed by atoms with van der Waals surface area (Å²) >= 11 is 1.61. The smallest absolute Gasteiger partial charge is 0.300 e. The highest BCUT2D eigenvalue weighted by molar-refractivity contribution is 7.99. The molecule has 7 nitrogen and oxygen atoms in total. The van der Waals surface area contributed by atoms with E-state index in [1.807, 2.05) is 41.9 Å². The van der Waals surface area contributed by atoms with E-state index in [-0.39, 0.29) is 0 Å². The van der Waals surface area contributed by atoms with Gasteiger partial charge in [0.2, 0.25) is 0 Å². The summed E-state index contributed by atoms with van der Waals surface area (Å²) < 4.78 is 1.96. The molecular formula is C16H24N4O3S. The second-order valence-corrected chi connectivity index (χ2v) is 6.14. The Balaban J connectivity index is 0.000000648. The van der Waals surface area contributed by atoms with Gasteiger partial charge in [-0.2, -0.15) is 0 Å². The fourth-order valence-electron chi connectivity index (χ4n) is 1.92. The normalized spacial score (nSPS) is 11.5. The number of carbonyl (C=O) groups is 1. The van der Waals surface area contributed by atoms with E-state index in [0.717, 1.165) is 35.6 Å². The van der Waals surface area contributed by atoms with Gasteiger partial charge in [0.15, 0.2) is 5.16 Å². The molecule has 0 fully saturated rings. The first-order valence-electron chi connectivity index (χ1n) is 7.59. The minimum Gasteiger partial charge on any atom is -0.481 e. The van der Waals surface area contributed by atoms with E-state index in [1.54, 1.807) is 11.8 Å². The number of aliphatic carboxylic acids is 1. The van der Waals surface area contributed by atoms with Gasteiger partial charge in [-0.15, -0.1) is 10.2 Å². The third kappa shape index (κ3) is 7.12. The highest BCUT2D eigenvalue weighted by Gasteiger charge is 2.11. The van der Waals surface area contributed by atoms with E-state index in [4.69, 9.17) is 15.6 Å². The van der Waals surface area contributed by atoms with Crippen LogP contribution in [0, 0.1) is 0 Å². The van der Waals surface area contributed by atoms with Crippen LogP contribution in [0.25, 0.3) is 0 Å². The van der Waals surface area contributed by atoms with E-state index < -0.39 is 12.1 Å². The van der Waals surface area contributed by atoms with Crippen LogP contribution in [0.3, 0.4) is 0 Å². The number of hydrogen-bond acceptors (Lipinski definition) is 6. The number of rotatable bonds is 7. The van der Waals surface area contributed by atoms with Gasteiger partial charge in [0.1, 0.15) is 5.82 Å². The fraction of sp³-hybridized carbons (Fsp3) is 0.438. The number of thioether (sulfide) groups is 1. The molecule has 0 bridgehead atoms. The van der Waals surface area contributed by atoms with Crippen LogP contribution in [-0.2, 0) is 18.3 Å². The van der Waals surface area contributed by atoms with Crippen molar-refractivity contribution in [1.82, 2.24) is 14.8 Å². The number of carboxylic acids is 1. The van der Waals surface area contributed by atoms with E-state index in [1.165, 1.54) is 0 Å². The number of nitrogens with two attached hydrogens (primary N) is 1. The Kier molecular flexibility index (Phi) is 9.06. The molecule has 24 heavy (non-hydrogen) atoms. The molecule has 0 aliphatic heterocycles. The van der Waals surface area contributed by atoms with Crippen molar-refractivity contribution in [2.75, 3.05) is 12.3 Å². The summed E-state index contributed by atoms with van der Waals surface area (Å²) in [6, 6.07) is 9.71. The lowest BCUT2D eigenvalue weighted by Crippen LogP contribution is -2.08. The average Bonchev–Trinajstić information content (AvgIpc) is 2.89. The number of aromatic nitrogens is 3. The van der Waals surface area contributed by atoms with E-state index in [2.05, 4.69) is 10.2 Å². The minimum absolute atomic E-state index is 0.430. The highest BCUT2D eigenvalue weighted by Crippen LogP contribution is 2.22. The Bertz CT molecular complexity index is 615. The monoisotopic (exact) mass is 352 g/mol. The third-order valence-corrected chi connectivity index (χ3v) is 4.15. The van der Waals surface area contributed by atoms with Crippen molar-refractivity contribution in [2.45, 2.75) is 31.0 Å². The number of hydrogen-bond donors (Lipinski definition) is 3. The third-order valence-electron chi connectivity index (χ3n) is 3.10. The fourth-order valence-corrected chi connectivity index (χ4v) is 2.84. The molecule has 0 amide bonds. The predicted octanol–water partition coefficient (Wildman–Crippen LogP) is 1.62. The molecule has 0 aliphatic rings. The summed E-state index contributed by atoms with van der Waals surface area (Å²) in [6.45, 7) is 1.66. The van der Waals surface area contributed by atoms with Crippen molar-refractivity contribution in [2.24, 2.45) is 12.8 Å². The van der Waals surface area contributed by atoms with Gasteiger partial charge < -0.3 is 20.5 Å². The van der Waals surface area contributed by atoms with Crippen LogP contribution in [0.15, 0.2) is 35.5 Å². The Hall–Kier alpha value is -1.90.